The van der Waals surface area contributed by atoms with Crippen LogP contribution >= 0.6 is 0 Å². The first kappa shape index (κ1) is 20.6. The number of aryl methyl sites for hydroxylation is 2. The number of nitrogens with one attached hydrogen (secondary N) is 1. The highest BCUT2D eigenvalue weighted by atomic mass is 15.1. The molecule has 0 bridgehead atoms. The number of aromatic nitrogens is 3. The molecule has 3 aromatic rings. The third kappa shape index (κ3) is 5.02. The van der Waals surface area contributed by atoms with E-state index < -0.39 is 0 Å². The summed E-state index contributed by atoms with van der Waals surface area (Å²) in [6.07, 6.45) is 9.32. The fourth-order valence-corrected chi connectivity index (χ4v) is 3.87. The van der Waals surface area contributed by atoms with Crippen LogP contribution in [0, 0.1) is 0 Å². The van der Waals surface area contributed by atoms with E-state index in [0.717, 1.165) is 53.4 Å². The van der Waals surface area contributed by atoms with Gasteiger partial charge in [0, 0.05) is 11.8 Å². The number of nitrogens with zero attached hydrogens (tertiary/aromatic N) is 3. The zero-order chi connectivity index (χ0) is 19.9. The molecule has 0 saturated heterocycles. The van der Waals surface area contributed by atoms with Crippen molar-refractivity contribution in [1.82, 2.24) is 19.9 Å². The minimum atomic E-state index is 0.526. The number of anilines is 1. The first-order valence-electron chi connectivity index (χ1n) is 10.9. The van der Waals surface area contributed by atoms with Gasteiger partial charge in [-0.1, -0.05) is 38.8 Å². The number of aromatic amines is 1. The largest absolute Gasteiger partial charge is 0.382 e. The predicted molar refractivity (Wildman–Crippen MR) is 120 cm³/mol. The van der Waals surface area contributed by atoms with Gasteiger partial charge in [-0.25, -0.2) is 9.97 Å². The number of pyridine rings is 1. The summed E-state index contributed by atoms with van der Waals surface area (Å²) in [5, 5.41) is 1.12. The average Bonchev–Trinajstić information content (AvgIpc) is 3.11. The summed E-state index contributed by atoms with van der Waals surface area (Å²) >= 11 is 0. The first-order valence-corrected chi connectivity index (χ1v) is 10.9. The van der Waals surface area contributed by atoms with Crippen molar-refractivity contribution < 1.29 is 0 Å². The Balaban J connectivity index is 1.67. The third-order valence-electron chi connectivity index (χ3n) is 5.45. The molecule has 152 valence electrons. The van der Waals surface area contributed by atoms with Gasteiger partial charge in [-0.05, 0) is 63.9 Å². The summed E-state index contributed by atoms with van der Waals surface area (Å²) in [6.45, 7) is 6.82. The molecule has 2 aromatic heterocycles. The number of fused-ring (bicyclic) bond motifs is 3. The summed E-state index contributed by atoms with van der Waals surface area (Å²) in [6, 6.07) is 6.60. The molecule has 0 aliphatic rings. The Morgan fingerprint density at radius 1 is 0.964 bits per heavy atom. The van der Waals surface area contributed by atoms with Crippen molar-refractivity contribution in [3.05, 3.63) is 29.6 Å². The summed E-state index contributed by atoms with van der Waals surface area (Å²) in [5.41, 5.74) is 10.4. The SMILES string of the molecule is CCCCc1nc2c(N)nc3cc(CCCCCN(C)CCC)ccc3c2[nH]1. The molecule has 5 heteroatoms. The van der Waals surface area contributed by atoms with Crippen LogP contribution in [-0.2, 0) is 12.8 Å². The highest BCUT2D eigenvalue weighted by Crippen LogP contribution is 2.27. The van der Waals surface area contributed by atoms with Crippen LogP contribution in [0.2, 0.25) is 0 Å². The number of hydrogen-bond acceptors (Lipinski definition) is 4. The molecule has 0 atom stereocenters. The van der Waals surface area contributed by atoms with Crippen molar-refractivity contribution in [2.75, 3.05) is 25.9 Å². The second-order valence-corrected chi connectivity index (χ2v) is 7.97. The normalized spacial score (nSPS) is 11.9. The van der Waals surface area contributed by atoms with Crippen molar-refractivity contribution in [2.24, 2.45) is 0 Å². The maximum absolute atomic E-state index is 6.21. The lowest BCUT2D eigenvalue weighted by Crippen LogP contribution is -2.20. The van der Waals surface area contributed by atoms with E-state index in [1.165, 1.54) is 44.3 Å². The maximum atomic E-state index is 6.21. The van der Waals surface area contributed by atoms with Gasteiger partial charge in [-0.15, -0.1) is 0 Å². The molecule has 0 amide bonds. The molecule has 0 aliphatic heterocycles. The van der Waals surface area contributed by atoms with Gasteiger partial charge in [0.1, 0.15) is 11.3 Å². The average molecular weight is 382 g/mol. The molecule has 3 N–H and O–H groups in total. The molecule has 0 unspecified atom stereocenters. The van der Waals surface area contributed by atoms with Gasteiger partial charge in [0.05, 0.1) is 11.0 Å². The fraction of sp³-hybridized carbons (Fsp3) is 0.565. The van der Waals surface area contributed by atoms with Crippen LogP contribution < -0.4 is 5.73 Å². The smallest absolute Gasteiger partial charge is 0.152 e. The molecule has 5 nitrogen and oxygen atoms in total. The zero-order valence-electron chi connectivity index (χ0n) is 17.7. The van der Waals surface area contributed by atoms with E-state index in [9.17, 15) is 0 Å². The number of nitrogens with two attached hydrogens (primary N) is 1. The lowest BCUT2D eigenvalue weighted by Gasteiger charge is -2.14. The van der Waals surface area contributed by atoms with Crippen LogP contribution in [0.5, 0.6) is 0 Å². The standard InChI is InChI=1S/C23H35N5/c1-4-6-11-20-26-21-18-13-12-17(10-8-7-9-15-28(3)14-5-2)16-19(18)25-23(24)22(21)27-20/h12-13,16H,4-11,14-15H2,1-3H3,(H2,24,25)(H,26,27). The molecule has 2 heterocycles. The van der Waals surface area contributed by atoms with Gasteiger partial charge in [-0.2, -0.15) is 0 Å². The van der Waals surface area contributed by atoms with Crippen LogP contribution in [0.3, 0.4) is 0 Å². The Morgan fingerprint density at radius 3 is 2.61 bits per heavy atom. The van der Waals surface area contributed by atoms with Crippen molar-refractivity contribution in [1.29, 1.82) is 0 Å². The minimum Gasteiger partial charge on any atom is -0.382 e. The lowest BCUT2D eigenvalue weighted by atomic mass is 10.0. The van der Waals surface area contributed by atoms with Crippen LogP contribution in [0.1, 0.15) is 63.8 Å². The Labute approximate surface area is 168 Å². The number of imidazole rings is 1. The fourth-order valence-electron chi connectivity index (χ4n) is 3.87. The zero-order valence-corrected chi connectivity index (χ0v) is 17.7. The van der Waals surface area contributed by atoms with Gasteiger partial charge in [0.2, 0.25) is 0 Å². The van der Waals surface area contributed by atoms with Gasteiger partial charge >= 0.3 is 0 Å². The van der Waals surface area contributed by atoms with E-state index in [1.807, 2.05) is 0 Å². The lowest BCUT2D eigenvalue weighted by molar-refractivity contribution is 0.325. The number of nitrogen functional groups attached to an aromatic ring is 1. The Hall–Kier alpha value is -2.14. The molecule has 3 rings (SSSR count). The second-order valence-electron chi connectivity index (χ2n) is 7.97. The molecule has 0 fully saturated rings. The number of unbranched alkanes of at least 4 members (excludes halogenated alkanes) is 3. The molecule has 0 radical (unpaired) electrons. The van der Waals surface area contributed by atoms with Gasteiger partial charge in [0.15, 0.2) is 5.82 Å². The third-order valence-corrected chi connectivity index (χ3v) is 5.45. The van der Waals surface area contributed by atoms with E-state index >= 15 is 0 Å². The van der Waals surface area contributed by atoms with Gasteiger partial charge in [0.25, 0.3) is 0 Å². The van der Waals surface area contributed by atoms with Crippen molar-refractivity contribution in [3.8, 4) is 0 Å². The molecule has 28 heavy (non-hydrogen) atoms. The van der Waals surface area contributed by atoms with Crippen molar-refractivity contribution >= 4 is 27.8 Å². The summed E-state index contributed by atoms with van der Waals surface area (Å²) < 4.78 is 0. The van der Waals surface area contributed by atoms with E-state index in [-0.39, 0.29) is 0 Å². The molecule has 0 saturated carbocycles. The molecule has 0 spiro atoms. The topological polar surface area (TPSA) is 70.8 Å². The van der Waals surface area contributed by atoms with Crippen molar-refractivity contribution in [2.45, 2.75) is 65.2 Å². The Bertz CT molecular complexity index is 899. The number of benzene rings is 1. The summed E-state index contributed by atoms with van der Waals surface area (Å²) in [7, 11) is 2.22. The minimum absolute atomic E-state index is 0.526. The summed E-state index contributed by atoms with van der Waals surface area (Å²) in [5.74, 6) is 1.53. The second kappa shape index (κ2) is 9.87. The highest BCUT2D eigenvalue weighted by molar-refractivity contribution is 6.06. The van der Waals surface area contributed by atoms with Gasteiger partial charge in [-0.3, -0.25) is 0 Å². The monoisotopic (exact) mass is 381 g/mol. The maximum Gasteiger partial charge on any atom is 0.152 e. The molecule has 1 aromatic carbocycles. The molecule has 0 aliphatic carbocycles. The highest BCUT2D eigenvalue weighted by Gasteiger charge is 2.12. The molecular weight excluding hydrogens is 346 g/mol. The number of rotatable bonds is 11. The van der Waals surface area contributed by atoms with Gasteiger partial charge < -0.3 is 15.6 Å². The first-order chi connectivity index (χ1) is 13.6. The summed E-state index contributed by atoms with van der Waals surface area (Å²) in [4.78, 5) is 15.2. The molecular formula is C23H35N5. The Morgan fingerprint density at radius 2 is 1.82 bits per heavy atom. The van der Waals surface area contributed by atoms with Crippen LogP contribution in [0.15, 0.2) is 18.2 Å². The number of hydrogen-bond donors (Lipinski definition) is 2. The van der Waals surface area contributed by atoms with E-state index in [0.29, 0.717) is 5.82 Å². The van der Waals surface area contributed by atoms with E-state index in [1.54, 1.807) is 0 Å². The number of H-pyrrole nitrogens is 1. The predicted octanol–water partition coefficient (Wildman–Crippen LogP) is 5.09. The van der Waals surface area contributed by atoms with E-state index in [2.05, 4.69) is 58.9 Å². The van der Waals surface area contributed by atoms with Crippen LogP contribution in [-0.4, -0.2) is 40.0 Å². The Kier molecular flexibility index (Phi) is 7.26. The van der Waals surface area contributed by atoms with Crippen molar-refractivity contribution in [3.63, 3.8) is 0 Å². The van der Waals surface area contributed by atoms with Crippen LogP contribution in [0.4, 0.5) is 5.82 Å². The van der Waals surface area contributed by atoms with Crippen LogP contribution in [0.25, 0.3) is 21.9 Å². The van der Waals surface area contributed by atoms with E-state index in [4.69, 9.17) is 5.73 Å². The quantitative estimate of drug-likeness (QED) is 0.454.